The van der Waals surface area contributed by atoms with Crippen LogP contribution in [0.15, 0.2) is 12.4 Å². The summed E-state index contributed by atoms with van der Waals surface area (Å²) >= 11 is 0. The van der Waals surface area contributed by atoms with Gasteiger partial charge in [-0.25, -0.2) is 4.98 Å². The molecule has 1 N–H and O–H groups in total. The van der Waals surface area contributed by atoms with Gasteiger partial charge in [0.05, 0.1) is 18.8 Å². The lowest BCUT2D eigenvalue weighted by molar-refractivity contribution is -0.129. The van der Waals surface area contributed by atoms with Crippen LogP contribution < -0.4 is 5.32 Å². The molecular formula is C12H20N4O2. The van der Waals surface area contributed by atoms with Gasteiger partial charge in [-0.3, -0.25) is 15.0 Å². The van der Waals surface area contributed by atoms with E-state index in [4.69, 9.17) is 4.74 Å². The molecule has 2 rings (SSSR count). The second-order valence-electron chi connectivity index (χ2n) is 4.97. The molecule has 0 aromatic carbocycles. The number of aryl methyl sites for hydroxylation is 1. The van der Waals surface area contributed by atoms with Gasteiger partial charge in [0.15, 0.2) is 0 Å². The van der Waals surface area contributed by atoms with E-state index >= 15 is 0 Å². The third-order valence-corrected chi connectivity index (χ3v) is 3.40. The highest BCUT2D eigenvalue weighted by atomic mass is 16.5. The number of carbonyl (C=O) groups excluding carboxylic acids is 1. The summed E-state index contributed by atoms with van der Waals surface area (Å²) in [6.45, 7) is 6.77. The molecular weight excluding hydrogens is 232 g/mol. The molecule has 100 valence electrons. The van der Waals surface area contributed by atoms with Crippen molar-refractivity contribution in [2.24, 2.45) is 7.05 Å². The number of rotatable bonds is 3. The number of anilines is 1. The van der Waals surface area contributed by atoms with Gasteiger partial charge in [-0.05, 0) is 13.8 Å². The first-order chi connectivity index (χ1) is 8.51. The Labute approximate surface area is 107 Å². The zero-order chi connectivity index (χ0) is 13.2. The van der Waals surface area contributed by atoms with Gasteiger partial charge in [-0.15, -0.1) is 0 Å². The Morgan fingerprint density at radius 1 is 1.44 bits per heavy atom. The van der Waals surface area contributed by atoms with Crippen molar-refractivity contribution in [3.63, 3.8) is 0 Å². The fourth-order valence-corrected chi connectivity index (χ4v) is 2.01. The number of morpholine rings is 1. The Hall–Kier alpha value is -1.40. The van der Waals surface area contributed by atoms with Crippen LogP contribution in [-0.2, 0) is 16.6 Å². The van der Waals surface area contributed by atoms with E-state index in [2.05, 4.69) is 15.2 Å². The number of carbonyl (C=O) groups is 1. The van der Waals surface area contributed by atoms with Crippen molar-refractivity contribution in [2.45, 2.75) is 19.4 Å². The molecule has 0 saturated carbocycles. The monoisotopic (exact) mass is 252 g/mol. The highest BCUT2D eigenvalue weighted by molar-refractivity contribution is 5.96. The minimum Gasteiger partial charge on any atom is -0.379 e. The quantitative estimate of drug-likeness (QED) is 0.849. The van der Waals surface area contributed by atoms with Crippen molar-refractivity contribution in [3.05, 3.63) is 12.4 Å². The normalized spacial score (nSPS) is 17.7. The van der Waals surface area contributed by atoms with Gasteiger partial charge in [-0.1, -0.05) is 0 Å². The molecule has 1 saturated heterocycles. The maximum absolute atomic E-state index is 12.3. The number of hydrogen-bond acceptors (Lipinski definition) is 4. The molecule has 0 atom stereocenters. The van der Waals surface area contributed by atoms with Crippen LogP contribution in [0, 0.1) is 0 Å². The Morgan fingerprint density at radius 3 is 2.67 bits per heavy atom. The molecule has 1 aromatic heterocycles. The Morgan fingerprint density at radius 2 is 2.11 bits per heavy atom. The van der Waals surface area contributed by atoms with Crippen molar-refractivity contribution in [2.75, 3.05) is 31.6 Å². The lowest BCUT2D eigenvalue weighted by atomic mass is 10.0. The number of ether oxygens (including phenoxy) is 1. The summed E-state index contributed by atoms with van der Waals surface area (Å²) in [5.41, 5.74) is -0.560. The number of nitrogens with zero attached hydrogens (tertiary/aromatic N) is 3. The van der Waals surface area contributed by atoms with Gasteiger partial charge in [0, 0.05) is 32.5 Å². The molecule has 1 aliphatic rings. The molecule has 0 radical (unpaired) electrons. The molecule has 0 unspecified atom stereocenters. The lowest BCUT2D eigenvalue weighted by Crippen LogP contribution is -2.56. The summed E-state index contributed by atoms with van der Waals surface area (Å²) in [4.78, 5) is 18.6. The van der Waals surface area contributed by atoms with Crippen LogP contribution in [-0.4, -0.2) is 52.2 Å². The van der Waals surface area contributed by atoms with Crippen LogP contribution in [0.2, 0.25) is 0 Å². The largest absolute Gasteiger partial charge is 0.379 e. The lowest BCUT2D eigenvalue weighted by Gasteiger charge is -2.39. The van der Waals surface area contributed by atoms with E-state index in [0.717, 1.165) is 13.1 Å². The summed E-state index contributed by atoms with van der Waals surface area (Å²) in [6, 6.07) is 0. The second-order valence-corrected chi connectivity index (χ2v) is 4.97. The minimum absolute atomic E-state index is 0.0429. The van der Waals surface area contributed by atoms with Crippen molar-refractivity contribution in [1.82, 2.24) is 14.5 Å². The second kappa shape index (κ2) is 5.07. The standard InChI is InChI=1S/C12H20N4O2/c1-12(2,16-6-8-18-9-7-16)10(17)14-11-13-4-5-15(11)3/h4-5H,6-9H2,1-3H3,(H,13,14,17). The molecule has 1 aliphatic heterocycles. The molecule has 0 aliphatic carbocycles. The fourth-order valence-electron chi connectivity index (χ4n) is 2.01. The van der Waals surface area contributed by atoms with Crippen LogP contribution >= 0.6 is 0 Å². The van der Waals surface area contributed by atoms with E-state index < -0.39 is 5.54 Å². The predicted molar refractivity (Wildman–Crippen MR) is 68.3 cm³/mol. The van der Waals surface area contributed by atoms with Crippen molar-refractivity contribution in [3.8, 4) is 0 Å². The van der Waals surface area contributed by atoms with Gasteiger partial charge in [0.25, 0.3) is 0 Å². The molecule has 1 aromatic rings. The molecule has 2 heterocycles. The maximum atomic E-state index is 12.3. The zero-order valence-corrected chi connectivity index (χ0v) is 11.1. The van der Waals surface area contributed by atoms with Gasteiger partial charge >= 0.3 is 0 Å². The Kier molecular flexibility index (Phi) is 3.68. The van der Waals surface area contributed by atoms with Crippen molar-refractivity contribution in [1.29, 1.82) is 0 Å². The molecule has 18 heavy (non-hydrogen) atoms. The predicted octanol–water partition coefficient (Wildman–Crippen LogP) is 0.469. The highest BCUT2D eigenvalue weighted by Gasteiger charge is 2.35. The van der Waals surface area contributed by atoms with E-state index in [1.165, 1.54) is 0 Å². The summed E-state index contributed by atoms with van der Waals surface area (Å²) in [6.07, 6.45) is 3.47. The fraction of sp³-hybridized carbons (Fsp3) is 0.667. The first-order valence-corrected chi connectivity index (χ1v) is 6.13. The van der Waals surface area contributed by atoms with Crippen molar-refractivity contribution < 1.29 is 9.53 Å². The topological polar surface area (TPSA) is 59.4 Å². The van der Waals surface area contributed by atoms with E-state index in [0.29, 0.717) is 19.2 Å². The van der Waals surface area contributed by atoms with Crippen LogP contribution in [0.3, 0.4) is 0 Å². The number of amides is 1. The van der Waals surface area contributed by atoms with E-state index in [-0.39, 0.29) is 5.91 Å². The number of aromatic nitrogens is 2. The van der Waals surface area contributed by atoms with Gasteiger partial charge in [0.2, 0.25) is 11.9 Å². The van der Waals surface area contributed by atoms with Gasteiger partial charge in [0.1, 0.15) is 0 Å². The molecule has 6 nitrogen and oxygen atoms in total. The Bertz CT molecular complexity index is 421. The zero-order valence-electron chi connectivity index (χ0n) is 11.1. The molecule has 1 fully saturated rings. The van der Waals surface area contributed by atoms with Crippen molar-refractivity contribution >= 4 is 11.9 Å². The smallest absolute Gasteiger partial charge is 0.246 e. The van der Waals surface area contributed by atoms with Crippen LogP contribution in [0.4, 0.5) is 5.95 Å². The summed E-state index contributed by atoms with van der Waals surface area (Å²) in [7, 11) is 1.85. The number of nitrogens with one attached hydrogen (secondary N) is 1. The van der Waals surface area contributed by atoms with Crippen LogP contribution in [0.5, 0.6) is 0 Å². The number of imidazole rings is 1. The van der Waals surface area contributed by atoms with Crippen LogP contribution in [0.25, 0.3) is 0 Å². The Balaban J connectivity index is 2.04. The van der Waals surface area contributed by atoms with Gasteiger partial charge in [-0.2, -0.15) is 0 Å². The first-order valence-electron chi connectivity index (χ1n) is 6.13. The molecule has 1 amide bonds. The average Bonchev–Trinajstić information content (AvgIpc) is 2.76. The maximum Gasteiger partial charge on any atom is 0.246 e. The molecule has 0 bridgehead atoms. The molecule has 0 spiro atoms. The third kappa shape index (κ3) is 2.54. The molecule has 6 heteroatoms. The summed E-state index contributed by atoms with van der Waals surface area (Å²) in [5.74, 6) is 0.528. The van der Waals surface area contributed by atoms with E-state index in [9.17, 15) is 4.79 Å². The van der Waals surface area contributed by atoms with E-state index in [1.807, 2.05) is 20.9 Å². The van der Waals surface area contributed by atoms with Gasteiger partial charge < -0.3 is 9.30 Å². The minimum atomic E-state index is -0.560. The summed E-state index contributed by atoms with van der Waals surface area (Å²) < 4.78 is 7.09. The van der Waals surface area contributed by atoms with E-state index in [1.54, 1.807) is 17.0 Å². The number of hydrogen-bond donors (Lipinski definition) is 1. The third-order valence-electron chi connectivity index (χ3n) is 3.40. The average molecular weight is 252 g/mol. The SMILES string of the molecule is Cn1ccnc1NC(=O)C(C)(C)N1CCOCC1. The van der Waals surface area contributed by atoms with Crippen LogP contribution in [0.1, 0.15) is 13.8 Å². The first kappa shape index (κ1) is 13.0. The highest BCUT2D eigenvalue weighted by Crippen LogP contribution is 2.18. The summed E-state index contributed by atoms with van der Waals surface area (Å²) in [5, 5.41) is 2.86.